The average Bonchev–Trinajstić information content (AvgIpc) is 2.28. The molecule has 1 aliphatic rings. The van der Waals surface area contributed by atoms with Gasteiger partial charge in [0.05, 0.1) is 12.2 Å². The van der Waals surface area contributed by atoms with Gasteiger partial charge in [-0.15, -0.1) is 0 Å². The standard InChI is InChI=1S/C5H9O3.3CH3.2Al/c1-3(6)5(8)4(2)7;;;;;/h3-5H,1-2H3;3*1H3;;/q-3;;;;+1;+2/t3-,4+,5-;;;;;. The molecule has 0 aromatic rings. The van der Waals surface area contributed by atoms with Crippen molar-refractivity contribution < 1.29 is 11.4 Å². The highest BCUT2D eigenvalue weighted by atomic mass is 27.2. The third kappa shape index (κ3) is 3.53. The summed E-state index contributed by atoms with van der Waals surface area (Å²) < 4.78 is 17.2. The zero-order valence-electron chi connectivity index (χ0n) is 9.11. The maximum Gasteiger partial charge on any atom is 0.671 e. The second-order valence-corrected chi connectivity index (χ2v) is 7.95. The van der Waals surface area contributed by atoms with Crippen LogP contribution < -0.4 is 0 Å². The van der Waals surface area contributed by atoms with Gasteiger partial charge in [0, 0.05) is 6.10 Å². The van der Waals surface area contributed by atoms with Gasteiger partial charge in [-0.05, 0) is 13.8 Å². The number of rotatable bonds is 3. The van der Waals surface area contributed by atoms with Crippen LogP contribution in [-0.2, 0) is 11.4 Å². The van der Waals surface area contributed by atoms with Gasteiger partial charge in [0.15, 0.2) is 0 Å². The fraction of sp³-hybridized carbons (Fsp3) is 1.00. The van der Waals surface area contributed by atoms with E-state index >= 15 is 0 Å². The van der Waals surface area contributed by atoms with Crippen LogP contribution >= 0.6 is 0 Å². The summed E-state index contributed by atoms with van der Waals surface area (Å²) in [4.78, 5) is 0. The van der Waals surface area contributed by atoms with Gasteiger partial charge in [-0.3, -0.25) is 0 Å². The van der Waals surface area contributed by atoms with Crippen LogP contribution in [0.3, 0.4) is 0 Å². The molecule has 0 unspecified atom stereocenters. The Labute approximate surface area is 90.1 Å². The topological polar surface area (TPSA) is 27.7 Å². The van der Waals surface area contributed by atoms with E-state index in [9.17, 15) is 0 Å². The molecule has 13 heavy (non-hydrogen) atoms. The molecule has 0 spiro atoms. The molecule has 74 valence electrons. The van der Waals surface area contributed by atoms with E-state index in [2.05, 4.69) is 31.2 Å². The second-order valence-electron chi connectivity index (χ2n) is 3.90. The van der Waals surface area contributed by atoms with Crippen LogP contribution in [-0.4, -0.2) is 47.6 Å². The molecule has 0 radical (unpaired) electrons. The summed E-state index contributed by atoms with van der Waals surface area (Å²) in [6.45, 7) is 4.16. The first-order valence-electron chi connectivity index (χ1n) is 4.97. The molecule has 0 aromatic heterocycles. The smallest absolute Gasteiger partial charge is 0.497 e. The lowest BCUT2D eigenvalue weighted by molar-refractivity contribution is 0.0506. The molecule has 3 atom stereocenters. The monoisotopic (exact) mass is 216 g/mol. The first kappa shape index (κ1) is 12.0. The summed E-state index contributed by atoms with van der Waals surface area (Å²) in [5.74, 6) is 6.42. The van der Waals surface area contributed by atoms with Crippen molar-refractivity contribution in [1.29, 1.82) is 0 Å². The Hall–Kier alpha value is 0.945. The largest absolute Gasteiger partial charge is 0.671 e. The highest BCUT2D eigenvalue weighted by Crippen LogP contribution is 2.21. The fourth-order valence-corrected chi connectivity index (χ4v) is 4.46. The van der Waals surface area contributed by atoms with Crippen LogP contribution in [0.15, 0.2) is 0 Å². The van der Waals surface area contributed by atoms with Gasteiger partial charge in [-0.2, -0.15) is 0 Å². The Kier molecular flexibility index (Phi) is 4.76. The Morgan fingerprint density at radius 3 is 2.38 bits per heavy atom. The number of hydrogen-bond donors (Lipinski definition) is 0. The molecule has 3 nitrogen and oxygen atoms in total. The van der Waals surface area contributed by atoms with E-state index < -0.39 is 29.3 Å². The van der Waals surface area contributed by atoms with E-state index in [1.807, 2.05) is 0 Å². The zero-order valence-corrected chi connectivity index (χ0v) is 11.4. The molecule has 0 aromatic carbocycles. The predicted octanol–water partition coefficient (Wildman–Crippen LogP) is 1.56. The highest BCUT2D eigenvalue weighted by Gasteiger charge is 2.39. The van der Waals surface area contributed by atoms with Crippen LogP contribution in [0.5, 0.6) is 0 Å². The fourth-order valence-electron chi connectivity index (χ4n) is 1.74. The molecule has 0 N–H and O–H groups in total. The first-order chi connectivity index (χ1) is 6.00. The van der Waals surface area contributed by atoms with Crippen LogP contribution in [0.4, 0.5) is 0 Å². The Bertz CT molecular complexity index is 165. The lowest BCUT2D eigenvalue weighted by Crippen LogP contribution is -2.36. The quantitative estimate of drug-likeness (QED) is 0.670. The van der Waals surface area contributed by atoms with Gasteiger partial charge in [0.2, 0.25) is 0 Å². The average molecular weight is 216 g/mol. The Morgan fingerprint density at radius 2 is 2.00 bits per heavy atom. The minimum Gasteiger partial charge on any atom is -0.497 e. The molecule has 1 saturated heterocycles. The lowest BCUT2D eigenvalue weighted by atomic mass is 10.1. The van der Waals surface area contributed by atoms with E-state index in [1.54, 1.807) is 0 Å². The minimum atomic E-state index is -1.33. The van der Waals surface area contributed by atoms with Gasteiger partial charge in [0.25, 0.3) is 0 Å². The van der Waals surface area contributed by atoms with E-state index in [0.29, 0.717) is 0 Å². The van der Waals surface area contributed by atoms with Crippen molar-refractivity contribution in [3.63, 3.8) is 0 Å². The number of hydrogen-bond acceptors (Lipinski definition) is 3. The lowest BCUT2D eigenvalue weighted by Gasteiger charge is -2.25. The van der Waals surface area contributed by atoms with Gasteiger partial charge in [0.1, 0.15) is 0 Å². The van der Waals surface area contributed by atoms with E-state index in [0.717, 1.165) is 0 Å². The van der Waals surface area contributed by atoms with Crippen molar-refractivity contribution in [2.24, 2.45) is 0 Å². The van der Waals surface area contributed by atoms with E-state index in [4.69, 9.17) is 11.4 Å². The van der Waals surface area contributed by atoms with Crippen molar-refractivity contribution in [2.45, 2.75) is 49.5 Å². The van der Waals surface area contributed by atoms with Gasteiger partial charge in [-0.1, -0.05) is 17.4 Å². The minimum absolute atomic E-state index is 0.163. The molecule has 0 saturated carbocycles. The van der Waals surface area contributed by atoms with Crippen molar-refractivity contribution in [2.75, 3.05) is 0 Å². The summed E-state index contributed by atoms with van der Waals surface area (Å²) in [5.41, 5.74) is 0. The van der Waals surface area contributed by atoms with Crippen molar-refractivity contribution in [3.8, 4) is 0 Å². The molecule has 0 amide bonds. The molecule has 0 aliphatic carbocycles. The molecule has 1 heterocycles. The molecule has 1 rings (SSSR count). The molecule has 5 heteroatoms. The molecule has 1 fully saturated rings. The molecule has 1 aliphatic heterocycles. The van der Waals surface area contributed by atoms with Crippen LogP contribution in [0.2, 0.25) is 17.4 Å². The van der Waals surface area contributed by atoms with Gasteiger partial charge >= 0.3 is 29.3 Å². The highest BCUT2D eigenvalue weighted by molar-refractivity contribution is 6.48. The summed E-state index contributed by atoms with van der Waals surface area (Å²) in [7, 11) is 0. The third-order valence-electron chi connectivity index (χ3n) is 2.17. The van der Waals surface area contributed by atoms with Crippen LogP contribution in [0.25, 0.3) is 0 Å². The van der Waals surface area contributed by atoms with Crippen LogP contribution in [0.1, 0.15) is 13.8 Å². The summed E-state index contributed by atoms with van der Waals surface area (Å²) in [5, 5.41) is 0. The molecular weight excluding hydrogens is 198 g/mol. The van der Waals surface area contributed by atoms with Gasteiger partial charge < -0.3 is 11.4 Å². The van der Waals surface area contributed by atoms with E-state index in [1.165, 1.54) is 0 Å². The van der Waals surface area contributed by atoms with Crippen molar-refractivity contribution in [3.05, 3.63) is 0 Å². The maximum absolute atomic E-state index is 5.81. The van der Waals surface area contributed by atoms with Crippen LogP contribution in [0, 0.1) is 0 Å². The normalized spacial score (nSPS) is 30.7. The van der Waals surface area contributed by atoms with E-state index in [-0.39, 0.29) is 18.3 Å². The zero-order chi connectivity index (χ0) is 10.0. The Morgan fingerprint density at radius 1 is 1.38 bits per heavy atom. The summed E-state index contributed by atoms with van der Waals surface area (Å²) >= 11 is -2.28. The second kappa shape index (κ2) is 5.15. The summed E-state index contributed by atoms with van der Waals surface area (Å²) in [6, 6.07) is 0. The molecular formula is C8H18Al2O3. The summed E-state index contributed by atoms with van der Waals surface area (Å²) in [6.07, 6.45) is 0.570. The maximum atomic E-state index is 5.81. The first-order valence-corrected chi connectivity index (χ1v) is 9.85. The Balaban J connectivity index is 2.42. The third-order valence-corrected chi connectivity index (χ3v) is 4.65. The van der Waals surface area contributed by atoms with Gasteiger partial charge in [-0.25, -0.2) is 0 Å². The molecule has 0 bridgehead atoms. The SMILES string of the molecule is C[C@H]([O][Al]([CH3])[CH3])[C@@H]1[O][Al]([CH3])[O][C@@H]1C. The van der Waals surface area contributed by atoms with Crippen molar-refractivity contribution >= 4 is 29.3 Å². The predicted molar refractivity (Wildman–Crippen MR) is 55.1 cm³/mol. The van der Waals surface area contributed by atoms with Crippen molar-refractivity contribution in [1.82, 2.24) is 0 Å².